The maximum absolute atomic E-state index is 12.1. The van der Waals surface area contributed by atoms with Crippen LogP contribution in [0.3, 0.4) is 0 Å². The molecule has 0 spiro atoms. The molecule has 1 saturated carbocycles. The standard InChI is InChI=1S/C13H20N2O4S/c1-9-4-3-5-10(6-9)19-13(16)12-7-11(8-15(12)2)20(14,17)18/h7-10H,3-6H2,1-2H3,(H2,14,17,18). The number of hydrogen-bond acceptors (Lipinski definition) is 4. The summed E-state index contributed by atoms with van der Waals surface area (Å²) < 4.78 is 29.4. The van der Waals surface area contributed by atoms with Gasteiger partial charge < -0.3 is 9.30 Å². The number of nitrogens with two attached hydrogens (primary N) is 1. The normalized spacial score (nSPS) is 23.6. The zero-order chi connectivity index (χ0) is 14.9. The van der Waals surface area contributed by atoms with Crippen molar-refractivity contribution in [2.24, 2.45) is 18.1 Å². The van der Waals surface area contributed by atoms with Gasteiger partial charge in [0.15, 0.2) is 0 Å². The van der Waals surface area contributed by atoms with Gasteiger partial charge in [-0.2, -0.15) is 0 Å². The van der Waals surface area contributed by atoms with E-state index >= 15 is 0 Å². The van der Waals surface area contributed by atoms with Crippen molar-refractivity contribution in [3.05, 3.63) is 18.0 Å². The molecule has 2 unspecified atom stereocenters. The molecule has 0 saturated heterocycles. The van der Waals surface area contributed by atoms with Crippen LogP contribution >= 0.6 is 0 Å². The summed E-state index contributed by atoms with van der Waals surface area (Å²) in [6.07, 6.45) is 5.16. The fourth-order valence-electron chi connectivity index (χ4n) is 2.59. The molecule has 6 nitrogen and oxygen atoms in total. The molecule has 0 aromatic carbocycles. The van der Waals surface area contributed by atoms with Gasteiger partial charge in [-0.1, -0.05) is 13.3 Å². The van der Waals surface area contributed by atoms with Crippen molar-refractivity contribution in [3.8, 4) is 0 Å². The second kappa shape index (κ2) is 5.57. The van der Waals surface area contributed by atoms with Gasteiger partial charge >= 0.3 is 5.97 Å². The third kappa shape index (κ3) is 3.40. The third-order valence-electron chi connectivity index (χ3n) is 3.68. The molecule has 20 heavy (non-hydrogen) atoms. The molecule has 1 aliphatic carbocycles. The molecular weight excluding hydrogens is 280 g/mol. The van der Waals surface area contributed by atoms with Crippen LogP contribution in [0.15, 0.2) is 17.2 Å². The van der Waals surface area contributed by atoms with Crippen molar-refractivity contribution < 1.29 is 17.9 Å². The first-order valence-corrected chi connectivity index (χ1v) is 8.22. The maximum Gasteiger partial charge on any atom is 0.355 e. The minimum absolute atomic E-state index is 0.0797. The Labute approximate surface area is 119 Å². The average Bonchev–Trinajstić information content (AvgIpc) is 2.71. The van der Waals surface area contributed by atoms with Crippen molar-refractivity contribution >= 4 is 16.0 Å². The first-order chi connectivity index (χ1) is 9.27. The lowest BCUT2D eigenvalue weighted by molar-refractivity contribution is 0.0145. The van der Waals surface area contributed by atoms with Gasteiger partial charge in [0.1, 0.15) is 16.7 Å². The van der Waals surface area contributed by atoms with Gasteiger partial charge in [-0.15, -0.1) is 0 Å². The van der Waals surface area contributed by atoms with Gasteiger partial charge in [-0.05, 0) is 31.2 Å². The van der Waals surface area contributed by atoms with E-state index in [4.69, 9.17) is 9.88 Å². The number of nitrogens with zero attached hydrogens (tertiary/aromatic N) is 1. The minimum atomic E-state index is -3.81. The largest absolute Gasteiger partial charge is 0.458 e. The van der Waals surface area contributed by atoms with Gasteiger partial charge in [0.25, 0.3) is 0 Å². The molecule has 112 valence electrons. The van der Waals surface area contributed by atoms with E-state index in [-0.39, 0.29) is 16.7 Å². The number of rotatable bonds is 3. The van der Waals surface area contributed by atoms with Crippen LogP contribution in [0.1, 0.15) is 43.1 Å². The van der Waals surface area contributed by atoms with Crippen LogP contribution in [-0.2, 0) is 21.8 Å². The van der Waals surface area contributed by atoms with Crippen molar-refractivity contribution in [2.45, 2.75) is 43.6 Å². The van der Waals surface area contributed by atoms with Crippen LogP contribution in [0.2, 0.25) is 0 Å². The molecular formula is C13H20N2O4S. The number of primary sulfonamides is 1. The molecule has 0 radical (unpaired) electrons. The lowest BCUT2D eigenvalue weighted by atomic mass is 9.89. The second-order valence-corrected chi connectivity index (χ2v) is 7.08. The van der Waals surface area contributed by atoms with E-state index in [1.165, 1.54) is 16.8 Å². The van der Waals surface area contributed by atoms with Crippen molar-refractivity contribution in [3.63, 3.8) is 0 Å². The van der Waals surface area contributed by atoms with E-state index in [9.17, 15) is 13.2 Å². The van der Waals surface area contributed by atoms with Crippen LogP contribution < -0.4 is 5.14 Å². The van der Waals surface area contributed by atoms with Crippen LogP contribution in [0.5, 0.6) is 0 Å². The highest BCUT2D eigenvalue weighted by molar-refractivity contribution is 7.89. The highest BCUT2D eigenvalue weighted by Gasteiger charge is 2.25. The average molecular weight is 300 g/mol. The Bertz CT molecular complexity index is 606. The molecule has 7 heteroatoms. The highest BCUT2D eigenvalue weighted by Crippen LogP contribution is 2.26. The fourth-order valence-corrected chi connectivity index (χ4v) is 3.17. The van der Waals surface area contributed by atoms with E-state index < -0.39 is 16.0 Å². The van der Waals surface area contributed by atoms with Crippen LogP contribution in [-0.4, -0.2) is 25.1 Å². The lowest BCUT2D eigenvalue weighted by Crippen LogP contribution is -2.25. The van der Waals surface area contributed by atoms with E-state index in [1.54, 1.807) is 7.05 Å². The molecule has 2 N–H and O–H groups in total. The second-order valence-electron chi connectivity index (χ2n) is 5.52. The number of sulfonamides is 1. The number of carbonyl (C=O) groups excluding carboxylic acids is 1. The van der Waals surface area contributed by atoms with E-state index in [2.05, 4.69) is 6.92 Å². The molecule has 0 amide bonds. The molecule has 2 atom stereocenters. The molecule has 1 heterocycles. The zero-order valence-corrected chi connectivity index (χ0v) is 12.5. The summed E-state index contributed by atoms with van der Waals surface area (Å²) in [4.78, 5) is 12.0. The predicted octanol–water partition coefficient (Wildman–Crippen LogP) is 1.41. The van der Waals surface area contributed by atoms with Crippen molar-refractivity contribution in [1.82, 2.24) is 4.57 Å². The number of aromatic nitrogens is 1. The van der Waals surface area contributed by atoms with Gasteiger partial charge in [0.2, 0.25) is 10.0 Å². The summed E-state index contributed by atoms with van der Waals surface area (Å²) in [6.45, 7) is 2.14. The Morgan fingerprint density at radius 2 is 2.15 bits per heavy atom. The Balaban J connectivity index is 2.11. The smallest absolute Gasteiger partial charge is 0.355 e. The fraction of sp³-hybridized carbons (Fsp3) is 0.615. The molecule has 2 rings (SSSR count). The Hall–Kier alpha value is -1.34. The van der Waals surface area contributed by atoms with E-state index in [0.717, 1.165) is 25.7 Å². The van der Waals surface area contributed by atoms with E-state index in [0.29, 0.717) is 5.92 Å². The summed E-state index contributed by atoms with van der Waals surface area (Å²) >= 11 is 0. The van der Waals surface area contributed by atoms with Crippen molar-refractivity contribution in [2.75, 3.05) is 0 Å². The molecule has 0 bridgehead atoms. The van der Waals surface area contributed by atoms with Gasteiger partial charge in [0.05, 0.1) is 0 Å². The number of esters is 1. The van der Waals surface area contributed by atoms with E-state index in [1.807, 2.05) is 0 Å². The third-order valence-corrected chi connectivity index (χ3v) is 4.56. The maximum atomic E-state index is 12.1. The summed E-state index contributed by atoms with van der Waals surface area (Å²) in [7, 11) is -2.22. The summed E-state index contributed by atoms with van der Waals surface area (Å²) in [5.74, 6) is 0.0523. The summed E-state index contributed by atoms with van der Waals surface area (Å²) in [6, 6.07) is 1.25. The molecule has 1 aromatic rings. The zero-order valence-electron chi connectivity index (χ0n) is 11.7. The van der Waals surface area contributed by atoms with Gasteiger partial charge in [-0.25, -0.2) is 18.4 Å². The quantitative estimate of drug-likeness (QED) is 0.854. The van der Waals surface area contributed by atoms with Crippen LogP contribution in [0, 0.1) is 5.92 Å². The topological polar surface area (TPSA) is 91.4 Å². The monoisotopic (exact) mass is 300 g/mol. The number of aryl methyl sites for hydroxylation is 1. The lowest BCUT2D eigenvalue weighted by Gasteiger charge is -2.26. The highest BCUT2D eigenvalue weighted by atomic mass is 32.2. The first-order valence-electron chi connectivity index (χ1n) is 6.67. The number of hydrogen-bond donors (Lipinski definition) is 1. The van der Waals surface area contributed by atoms with Crippen molar-refractivity contribution in [1.29, 1.82) is 0 Å². The molecule has 1 aliphatic rings. The number of carbonyl (C=O) groups is 1. The number of ether oxygens (including phenoxy) is 1. The van der Waals surface area contributed by atoms with Crippen LogP contribution in [0.25, 0.3) is 0 Å². The predicted molar refractivity (Wildman–Crippen MR) is 73.6 cm³/mol. The Morgan fingerprint density at radius 1 is 1.45 bits per heavy atom. The minimum Gasteiger partial charge on any atom is -0.458 e. The van der Waals surface area contributed by atoms with Crippen LogP contribution in [0.4, 0.5) is 0 Å². The Morgan fingerprint density at radius 3 is 2.70 bits per heavy atom. The molecule has 1 aromatic heterocycles. The summed E-state index contributed by atoms with van der Waals surface area (Å²) in [5, 5.41) is 5.05. The molecule has 1 fully saturated rings. The Kier molecular flexibility index (Phi) is 4.19. The van der Waals surface area contributed by atoms with Gasteiger partial charge in [-0.3, -0.25) is 0 Å². The summed E-state index contributed by atoms with van der Waals surface area (Å²) in [5.41, 5.74) is 0.201. The SMILES string of the molecule is CC1CCCC(OC(=O)c2cc(S(N)(=O)=O)cn2C)C1. The van der Waals surface area contributed by atoms with Gasteiger partial charge in [0, 0.05) is 13.2 Å². The first kappa shape index (κ1) is 15.1. The molecule has 0 aliphatic heterocycles.